The average molecular weight is 259 g/mol. The zero-order valence-electron chi connectivity index (χ0n) is 11.2. The quantitative estimate of drug-likeness (QED) is 0.908. The zero-order chi connectivity index (χ0) is 13.8. The minimum absolute atomic E-state index is 0.0943. The number of aryl methyl sites for hydroxylation is 1. The van der Waals surface area contributed by atoms with Crippen molar-refractivity contribution in [1.82, 2.24) is 0 Å². The molecule has 3 heteroatoms. The third-order valence-corrected chi connectivity index (χ3v) is 2.94. The van der Waals surface area contributed by atoms with E-state index in [0.29, 0.717) is 6.61 Å². The first kappa shape index (κ1) is 13.6. The van der Waals surface area contributed by atoms with Crippen LogP contribution in [0.25, 0.3) is 0 Å². The standard InChI is InChI=1S/C16H18FNO/c1-11-6-7-15(12(2)18)16(8-11)19-10-13-4-3-5-14(17)9-13/h3-9,12H,10,18H2,1-2H3. The number of hydrogen-bond acceptors (Lipinski definition) is 2. The van der Waals surface area contributed by atoms with Crippen LogP contribution in [0.4, 0.5) is 4.39 Å². The molecule has 0 bridgehead atoms. The Hall–Kier alpha value is -1.87. The van der Waals surface area contributed by atoms with Crippen LogP contribution in [0.15, 0.2) is 42.5 Å². The summed E-state index contributed by atoms with van der Waals surface area (Å²) in [5.74, 6) is 0.511. The highest BCUT2D eigenvalue weighted by molar-refractivity contribution is 5.39. The maximum Gasteiger partial charge on any atom is 0.124 e. The van der Waals surface area contributed by atoms with Gasteiger partial charge < -0.3 is 10.5 Å². The van der Waals surface area contributed by atoms with Crippen molar-refractivity contribution in [2.24, 2.45) is 5.73 Å². The summed E-state index contributed by atoms with van der Waals surface area (Å²) in [5, 5.41) is 0. The molecule has 0 aliphatic rings. The molecule has 0 radical (unpaired) electrons. The topological polar surface area (TPSA) is 35.2 Å². The monoisotopic (exact) mass is 259 g/mol. The predicted molar refractivity (Wildman–Crippen MR) is 74.5 cm³/mol. The molecule has 0 aliphatic carbocycles. The van der Waals surface area contributed by atoms with Crippen LogP contribution in [0.2, 0.25) is 0 Å². The molecule has 2 aromatic carbocycles. The Bertz CT molecular complexity index is 566. The van der Waals surface area contributed by atoms with Crippen LogP contribution < -0.4 is 10.5 Å². The van der Waals surface area contributed by atoms with E-state index >= 15 is 0 Å². The Morgan fingerprint density at radius 2 is 2.00 bits per heavy atom. The fourth-order valence-corrected chi connectivity index (χ4v) is 1.93. The Balaban J connectivity index is 2.17. The molecule has 2 N–H and O–H groups in total. The van der Waals surface area contributed by atoms with E-state index in [9.17, 15) is 4.39 Å². The van der Waals surface area contributed by atoms with Crippen molar-refractivity contribution in [1.29, 1.82) is 0 Å². The summed E-state index contributed by atoms with van der Waals surface area (Å²) in [4.78, 5) is 0. The van der Waals surface area contributed by atoms with Crippen LogP contribution in [0.1, 0.15) is 29.7 Å². The van der Waals surface area contributed by atoms with Gasteiger partial charge in [0.05, 0.1) is 0 Å². The molecule has 100 valence electrons. The van der Waals surface area contributed by atoms with E-state index in [1.807, 2.05) is 38.1 Å². The smallest absolute Gasteiger partial charge is 0.124 e. The first-order valence-corrected chi connectivity index (χ1v) is 6.29. The fourth-order valence-electron chi connectivity index (χ4n) is 1.93. The second-order valence-corrected chi connectivity index (χ2v) is 4.75. The molecule has 0 fully saturated rings. The first-order chi connectivity index (χ1) is 9.06. The molecular formula is C16H18FNO. The lowest BCUT2D eigenvalue weighted by Gasteiger charge is -2.15. The maximum atomic E-state index is 13.1. The van der Waals surface area contributed by atoms with Crippen molar-refractivity contribution < 1.29 is 9.13 Å². The van der Waals surface area contributed by atoms with E-state index < -0.39 is 0 Å². The van der Waals surface area contributed by atoms with Crippen molar-refractivity contribution in [3.8, 4) is 5.75 Å². The average Bonchev–Trinajstić information content (AvgIpc) is 2.36. The van der Waals surface area contributed by atoms with E-state index in [1.165, 1.54) is 12.1 Å². The van der Waals surface area contributed by atoms with Gasteiger partial charge in [-0.3, -0.25) is 0 Å². The van der Waals surface area contributed by atoms with Crippen molar-refractivity contribution >= 4 is 0 Å². The van der Waals surface area contributed by atoms with E-state index in [1.54, 1.807) is 6.07 Å². The Morgan fingerprint density at radius 1 is 1.21 bits per heavy atom. The molecule has 1 atom stereocenters. The van der Waals surface area contributed by atoms with Gasteiger partial charge in [-0.25, -0.2) is 4.39 Å². The van der Waals surface area contributed by atoms with Gasteiger partial charge in [0, 0.05) is 11.6 Å². The molecule has 1 unspecified atom stereocenters. The molecular weight excluding hydrogens is 241 g/mol. The molecule has 0 saturated carbocycles. The number of hydrogen-bond donors (Lipinski definition) is 1. The lowest BCUT2D eigenvalue weighted by molar-refractivity contribution is 0.300. The summed E-state index contributed by atoms with van der Waals surface area (Å²) in [6.45, 7) is 4.25. The van der Waals surface area contributed by atoms with Crippen LogP contribution in [0, 0.1) is 12.7 Å². The Morgan fingerprint density at radius 3 is 2.68 bits per heavy atom. The van der Waals surface area contributed by atoms with E-state index in [2.05, 4.69) is 0 Å². The molecule has 0 heterocycles. The summed E-state index contributed by atoms with van der Waals surface area (Å²) in [7, 11) is 0. The largest absolute Gasteiger partial charge is 0.489 e. The predicted octanol–water partition coefficient (Wildman–Crippen LogP) is 3.73. The molecule has 0 saturated heterocycles. The number of benzene rings is 2. The third kappa shape index (κ3) is 3.55. The molecule has 2 nitrogen and oxygen atoms in total. The molecule has 2 rings (SSSR count). The highest BCUT2D eigenvalue weighted by Crippen LogP contribution is 2.26. The van der Waals surface area contributed by atoms with Gasteiger partial charge in [0.1, 0.15) is 18.2 Å². The highest BCUT2D eigenvalue weighted by atomic mass is 19.1. The SMILES string of the molecule is Cc1ccc(C(C)N)c(OCc2cccc(F)c2)c1. The van der Waals surface area contributed by atoms with Crippen LogP contribution in [-0.4, -0.2) is 0 Å². The number of ether oxygens (including phenoxy) is 1. The lowest BCUT2D eigenvalue weighted by atomic mass is 10.1. The van der Waals surface area contributed by atoms with Crippen molar-refractivity contribution in [2.75, 3.05) is 0 Å². The molecule has 0 aliphatic heterocycles. The second-order valence-electron chi connectivity index (χ2n) is 4.75. The van der Waals surface area contributed by atoms with Crippen LogP contribution in [0.3, 0.4) is 0 Å². The van der Waals surface area contributed by atoms with Crippen LogP contribution in [-0.2, 0) is 6.61 Å². The van der Waals surface area contributed by atoms with Crippen LogP contribution >= 0.6 is 0 Å². The highest BCUT2D eigenvalue weighted by Gasteiger charge is 2.08. The lowest BCUT2D eigenvalue weighted by Crippen LogP contribution is -2.08. The van der Waals surface area contributed by atoms with Gasteiger partial charge in [0.25, 0.3) is 0 Å². The Kier molecular flexibility index (Phi) is 4.17. The van der Waals surface area contributed by atoms with E-state index in [-0.39, 0.29) is 11.9 Å². The zero-order valence-corrected chi connectivity index (χ0v) is 11.2. The minimum atomic E-state index is -0.252. The van der Waals surface area contributed by atoms with Crippen molar-refractivity contribution in [3.05, 3.63) is 65.0 Å². The molecule has 0 spiro atoms. The van der Waals surface area contributed by atoms with Crippen molar-refractivity contribution in [2.45, 2.75) is 26.5 Å². The summed E-state index contributed by atoms with van der Waals surface area (Å²) < 4.78 is 18.9. The van der Waals surface area contributed by atoms with Gasteiger partial charge in [0.2, 0.25) is 0 Å². The van der Waals surface area contributed by atoms with Gasteiger partial charge >= 0.3 is 0 Å². The summed E-state index contributed by atoms with van der Waals surface area (Å²) in [6.07, 6.45) is 0. The third-order valence-electron chi connectivity index (χ3n) is 2.94. The van der Waals surface area contributed by atoms with Gasteiger partial charge in [-0.05, 0) is 43.2 Å². The molecule has 0 amide bonds. The van der Waals surface area contributed by atoms with Gasteiger partial charge in [-0.1, -0.05) is 24.3 Å². The van der Waals surface area contributed by atoms with Gasteiger partial charge in [-0.2, -0.15) is 0 Å². The maximum absolute atomic E-state index is 13.1. The van der Waals surface area contributed by atoms with E-state index in [4.69, 9.17) is 10.5 Å². The van der Waals surface area contributed by atoms with Crippen LogP contribution in [0.5, 0.6) is 5.75 Å². The summed E-state index contributed by atoms with van der Waals surface area (Å²) in [5.41, 5.74) is 8.79. The number of nitrogens with two attached hydrogens (primary N) is 1. The normalized spacial score (nSPS) is 12.2. The van der Waals surface area contributed by atoms with Gasteiger partial charge in [0.15, 0.2) is 0 Å². The van der Waals surface area contributed by atoms with E-state index in [0.717, 1.165) is 22.4 Å². The summed E-state index contributed by atoms with van der Waals surface area (Å²) in [6, 6.07) is 12.3. The van der Waals surface area contributed by atoms with Gasteiger partial charge in [-0.15, -0.1) is 0 Å². The molecule has 2 aromatic rings. The molecule has 19 heavy (non-hydrogen) atoms. The number of rotatable bonds is 4. The Labute approximate surface area is 113 Å². The second kappa shape index (κ2) is 5.85. The summed E-state index contributed by atoms with van der Waals surface area (Å²) >= 11 is 0. The fraction of sp³-hybridized carbons (Fsp3) is 0.250. The number of halogens is 1. The molecule has 0 aromatic heterocycles. The minimum Gasteiger partial charge on any atom is -0.489 e. The first-order valence-electron chi connectivity index (χ1n) is 6.29. The van der Waals surface area contributed by atoms with Crippen molar-refractivity contribution in [3.63, 3.8) is 0 Å².